The molecule has 0 amide bonds. The number of nitrogens with one attached hydrogen (secondary N) is 2. The highest BCUT2D eigenvalue weighted by molar-refractivity contribution is 7.17. The van der Waals surface area contributed by atoms with E-state index >= 15 is 0 Å². The van der Waals surface area contributed by atoms with Crippen molar-refractivity contribution in [3.63, 3.8) is 0 Å². The van der Waals surface area contributed by atoms with Crippen molar-refractivity contribution in [2.24, 2.45) is 0 Å². The van der Waals surface area contributed by atoms with Crippen LogP contribution >= 0.6 is 11.3 Å². The molecule has 1 aliphatic heterocycles. The average molecular weight is 381 g/mol. The largest absolute Gasteiger partial charge is 0.367 e. The number of piperidine rings is 1. The van der Waals surface area contributed by atoms with E-state index in [0.29, 0.717) is 6.04 Å². The van der Waals surface area contributed by atoms with Crippen molar-refractivity contribution in [3.8, 4) is 11.1 Å². The highest BCUT2D eigenvalue weighted by atomic mass is 32.1. The quantitative estimate of drug-likeness (QED) is 0.640. The standard InChI is InChI=1S/C22H28N4S/c1-14-6-8-15(9-7-14)17-12-27-20-18(17)19(23-13-24-20)25-16-10-21(2,3)26-22(4,5)11-16/h6-9,12-13,16,26H,10-11H2,1-5H3,(H,23,24,25). The van der Waals surface area contributed by atoms with E-state index in [1.807, 2.05) is 0 Å². The summed E-state index contributed by atoms with van der Waals surface area (Å²) in [7, 11) is 0. The van der Waals surface area contributed by atoms with Gasteiger partial charge in [0.25, 0.3) is 0 Å². The molecule has 0 radical (unpaired) electrons. The monoisotopic (exact) mass is 380 g/mol. The maximum atomic E-state index is 4.64. The number of hydrogen-bond donors (Lipinski definition) is 2. The first-order valence-corrected chi connectivity index (χ1v) is 10.5. The van der Waals surface area contributed by atoms with E-state index in [9.17, 15) is 0 Å². The SMILES string of the molecule is Cc1ccc(-c2csc3ncnc(NC4CC(C)(C)NC(C)(C)C4)c23)cc1. The van der Waals surface area contributed by atoms with Gasteiger partial charge in [-0.05, 0) is 53.0 Å². The van der Waals surface area contributed by atoms with Gasteiger partial charge in [-0.2, -0.15) is 0 Å². The molecule has 3 aromatic rings. The molecular weight excluding hydrogens is 352 g/mol. The van der Waals surface area contributed by atoms with E-state index in [-0.39, 0.29) is 11.1 Å². The molecule has 27 heavy (non-hydrogen) atoms. The van der Waals surface area contributed by atoms with Crippen LogP contribution in [0.25, 0.3) is 21.3 Å². The molecule has 1 aromatic carbocycles. The zero-order valence-electron chi connectivity index (χ0n) is 16.8. The van der Waals surface area contributed by atoms with Gasteiger partial charge in [-0.25, -0.2) is 9.97 Å². The van der Waals surface area contributed by atoms with Gasteiger partial charge < -0.3 is 10.6 Å². The van der Waals surface area contributed by atoms with Crippen molar-refractivity contribution < 1.29 is 0 Å². The molecule has 5 heteroatoms. The first kappa shape index (κ1) is 18.4. The Morgan fingerprint density at radius 2 is 1.70 bits per heavy atom. The molecule has 0 atom stereocenters. The minimum atomic E-state index is 0.0972. The van der Waals surface area contributed by atoms with Gasteiger partial charge >= 0.3 is 0 Å². The van der Waals surface area contributed by atoms with E-state index < -0.39 is 0 Å². The number of nitrogens with zero attached hydrogens (tertiary/aromatic N) is 2. The third-order valence-electron chi connectivity index (χ3n) is 5.26. The molecule has 0 spiro atoms. The molecule has 0 unspecified atom stereocenters. The normalized spacial score (nSPS) is 19.3. The molecule has 3 heterocycles. The van der Waals surface area contributed by atoms with Gasteiger partial charge in [0.15, 0.2) is 0 Å². The molecule has 0 aliphatic carbocycles. The Morgan fingerprint density at radius 1 is 1.04 bits per heavy atom. The first-order valence-electron chi connectivity index (χ1n) is 9.58. The molecule has 4 nitrogen and oxygen atoms in total. The van der Waals surface area contributed by atoms with E-state index in [1.54, 1.807) is 17.7 Å². The van der Waals surface area contributed by atoms with Crippen LogP contribution < -0.4 is 10.6 Å². The van der Waals surface area contributed by atoms with Crippen LogP contribution in [0.4, 0.5) is 5.82 Å². The summed E-state index contributed by atoms with van der Waals surface area (Å²) in [6, 6.07) is 9.07. The van der Waals surface area contributed by atoms with Gasteiger partial charge in [0.1, 0.15) is 17.0 Å². The lowest BCUT2D eigenvalue weighted by Crippen LogP contribution is -2.60. The fourth-order valence-corrected chi connectivity index (χ4v) is 5.46. The van der Waals surface area contributed by atoms with Crippen molar-refractivity contribution in [2.75, 3.05) is 5.32 Å². The predicted molar refractivity (Wildman–Crippen MR) is 116 cm³/mol. The van der Waals surface area contributed by atoms with Crippen molar-refractivity contribution in [3.05, 3.63) is 41.5 Å². The van der Waals surface area contributed by atoms with Gasteiger partial charge in [-0.15, -0.1) is 11.3 Å². The van der Waals surface area contributed by atoms with E-state index in [4.69, 9.17) is 0 Å². The van der Waals surface area contributed by atoms with Crippen LogP contribution in [-0.2, 0) is 0 Å². The Morgan fingerprint density at radius 3 is 2.37 bits per heavy atom. The highest BCUT2D eigenvalue weighted by Crippen LogP contribution is 2.38. The van der Waals surface area contributed by atoms with Crippen molar-refractivity contribution in [2.45, 2.75) is 64.6 Å². The van der Waals surface area contributed by atoms with Gasteiger partial charge in [0.05, 0.1) is 5.39 Å². The third kappa shape index (κ3) is 3.85. The number of aryl methyl sites for hydroxylation is 1. The zero-order chi connectivity index (χ0) is 19.2. The Labute approximate surface area is 165 Å². The van der Waals surface area contributed by atoms with Crippen LogP contribution in [0.5, 0.6) is 0 Å². The lowest BCUT2D eigenvalue weighted by Gasteiger charge is -2.46. The molecule has 4 rings (SSSR count). The predicted octanol–water partition coefficient (Wildman–Crippen LogP) is 5.39. The summed E-state index contributed by atoms with van der Waals surface area (Å²) in [5.74, 6) is 0.954. The molecule has 142 valence electrons. The second-order valence-corrected chi connectivity index (χ2v) is 9.92. The number of thiophene rings is 1. The summed E-state index contributed by atoms with van der Waals surface area (Å²) in [5.41, 5.74) is 3.90. The zero-order valence-corrected chi connectivity index (χ0v) is 17.6. The van der Waals surface area contributed by atoms with Crippen LogP contribution in [-0.4, -0.2) is 27.1 Å². The Balaban J connectivity index is 1.72. The fourth-order valence-electron chi connectivity index (χ4n) is 4.55. The van der Waals surface area contributed by atoms with Crippen LogP contribution in [0.1, 0.15) is 46.1 Å². The van der Waals surface area contributed by atoms with E-state index in [0.717, 1.165) is 28.9 Å². The number of aromatic nitrogens is 2. The van der Waals surface area contributed by atoms with Gasteiger partial charge in [-0.1, -0.05) is 29.8 Å². The van der Waals surface area contributed by atoms with Crippen molar-refractivity contribution >= 4 is 27.4 Å². The minimum absolute atomic E-state index is 0.0972. The van der Waals surface area contributed by atoms with Crippen molar-refractivity contribution in [1.82, 2.24) is 15.3 Å². The molecular formula is C22H28N4S. The first-order chi connectivity index (χ1) is 12.7. The van der Waals surface area contributed by atoms with Crippen LogP contribution in [0, 0.1) is 6.92 Å². The highest BCUT2D eigenvalue weighted by Gasteiger charge is 2.38. The summed E-state index contributed by atoms with van der Waals surface area (Å²) in [6.45, 7) is 11.2. The lowest BCUT2D eigenvalue weighted by molar-refractivity contribution is 0.170. The number of benzene rings is 1. The molecule has 1 saturated heterocycles. The minimum Gasteiger partial charge on any atom is -0.367 e. The third-order valence-corrected chi connectivity index (χ3v) is 6.15. The number of hydrogen-bond acceptors (Lipinski definition) is 5. The van der Waals surface area contributed by atoms with Gasteiger partial charge in [0.2, 0.25) is 0 Å². The Hall–Kier alpha value is -1.98. The lowest BCUT2D eigenvalue weighted by atomic mass is 9.79. The van der Waals surface area contributed by atoms with Crippen molar-refractivity contribution in [1.29, 1.82) is 0 Å². The number of anilines is 1. The number of rotatable bonds is 3. The second kappa shape index (κ2) is 6.57. The summed E-state index contributed by atoms with van der Waals surface area (Å²) >= 11 is 1.69. The summed E-state index contributed by atoms with van der Waals surface area (Å²) in [4.78, 5) is 10.2. The maximum absolute atomic E-state index is 4.64. The summed E-state index contributed by atoms with van der Waals surface area (Å²) in [5, 5.41) is 10.8. The number of fused-ring (bicyclic) bond motifs is 1. The fraction of sp³-hybridized carbons (Fsp3) is 0.455. The molecule has 1 aliphatic rings. The average Bonchev–Trinajstić information content (AvgIpc) is 2.98. The van der Waals surface area contributed by atoms with E-state index in [2.05, 4.69) is 84.9 Å². The van der Waals surface area contributed by atoms with E-state index in [1.165, 1.54) is 16.7 Å². The molecule has 1 fully saturated rings. The van der Waals surface area contributed by atoms with Crippen LogP contribution in [0.15, 0.2) is 36.0 Å². The molecule has 2 N–H and O–H groups in total. The molecule has 0 saturated carbocycles. The summed E-state index contributed by atoms with van der Waals surface area (Å²) in [6.07, 6.45) is 3.80. The van der Waals surface area contributed by atoms with Crippen LogP contribution in [0.2, 0.25) is 0 Å². The Bertz CT molecular complexity index is 940. The summed E-state index contributed by atoms with van der Waals surface area (Å²) < 4.78 is 0. The molecule has 0 bridgehead atoms. The van der Waals surface area contributed by atoms with Gasteiger partial charge in [-0.3, -0.25) is 0 Å². The maximum Gasteiger partial charge on any atom is 0.139 e. The molecule has 2 aromatic heterocycles. The van der Waals surface area contributed by atoms with Crippen LogP contribution in [0.3, 0.4) is 0 Å². The van der Waals surface area contributed by atoms with Gasteiger partial charge in [0, 0.05) is 28.1 Å². The second-order valence-electron chi connectivity index (χ2n) is 9.06. The Kier molecular flexibility index (Phi) is 4.47. The topological polar surface area (TPSA) is 49.8 Å². The smallest absolute Gasteiger partial charge is 0.139 e.